The maximum absolute atomic E-state index is 13.0. The minimum Gasteiger partial charge on any atom is -0.460 e. The van der Waals surface area contributed by atoms with E-state index in [0.29, 0.717) is 24.2 Å². The van der Waals surface area contributed by atoms with Crippen LogP contribution in [-0.2, 0) is 6.54 Å². The first-order valence-electron chi connectivity index (χ1n) is 11.7. The zero-order chi connectivity index (χ0) is 23.5. The lowest BCUT2D eigenvalue weighted by molar-refractivity contribution is 0.0761. The van der Waals surface area contributed by atoms with Crippen LogP contribution in [0.15, 0.2) is 77.2 Å². The van der Waals surface area contributed by atoms with E-state index in [-0.39, 0.29) is 18.3 Å². The lowest BCUT2D eigenvalue weighted by Crippen LogP contribution is -2.35. The fraction of sp³-hybridized carbons (Fsp3) is 0.241. The van der Waals surface area contributed by atoms with Crippen molar-refractivity contribution >= 4 is 29.3 Å². The lowest BCUT2D eigenvalue weighted by atomic mass is 10.0. The van der Waals surface area contributed by atoms with Crippen molar-refractivity contribution in [3.8, 4) is 17.2 Å². The smallest absolute Gasteiger partial charge is 0.253 e. The number of carbonyl (C=O) groups is 1. The first-order valence-corrected chi connectivity index (χ1v) is 11.7. The molecule has 0 radical (unpaired) electrons. The molecule has 4 aromatic rings. The van der Waals surface area contributed by atoms with Gasteiger partial charge in [0.25, 0.3) is 5.91 Å². The summed E-state index contributed by atoms with van der Waals surface area (Å²) >= 11 is 0. The van der Waals surface area contributed by atoms with Crippen molar-refractivity contribution in [3.63, 3.8) is 0 Å². The Bertz CT molecular complexity index is 1370. The topological polar surface area (TPSA) is 60.5 Å². The van der Waals surface area contributed by atoms with E-state index in [0.717, 1.165) is 42.8 Å². The van der Waals surface area contributed by atoms with Crippen molar-refractivity contribution in [2.45, 2.75) is 19.9 Å². The number of hydrogen-bond acceptors (Lipinski definition) is 4. The third kappa shape index (κ3) is 5.57. The van der Waals surface area contributed by atoms with Crippen molar-refractivity contribution in [1.29, 1.82) is 5.26 Å². The monoisotopic (exact) mass is 485 g/mol. The number of benzene rings is 3. The van der Waals surface area contributed by atoms with E-state index in [1.807, 2.05) is 11.0 Å². The molecule has 0 bridgehead atoms. The maximum Gasteiger partial charge on any atom is 0.253 e. The number of fused-ring (bicyclic) bond motifs is 1. The molecule has 1 aliphatic rings. The van der Waals surface area contributed by atoms with Gasteiger partial charge in [0.2, 0.25) is 0 Å². The molecular formula is C29H28ClN3O2. The Labute approximate surface area is 212 Å². The largest absolute Gasteiger partial charge is 0.460 e. The number of halogens is 1. The molecule has 3 aromatic carbocycles. The number of hydrogen-bond donors (Lipinski definition) is 0. The Morgan fingerprint density at radius 3 is 2.54 bits per heavy atom. The Kier molecular flexibility index (Phi) is 7.55. The second-order valence-electron chi connectivity index (χ2n) is 8.95. The summed E-state index contributed by atoms with van der Waals surface area (Å²) in [4.78, 5) is 17.2. The third-order valence-corrected chi connectivity index (χ3v) is 6.45. The van der Waals surface area contributed by atoms with Gasteiger partial charge in [0, 0.05) is 37.1 Å². The van der Waals surface area contributed by atoms with Gasteiger partial charge in [-0.05, 0) is 60.9 Å². The van der Waals surface area contributed by atoms with Crippen molar-refractivity contribution in [2.75, 3.05) is 26.2 Å². The SMILES string of the molecule is Cc1ccc(-c2ccc3oc(CN4CCCN(C(=O)c5cccc(C#N)c5)CC4)cc3c2)cc1.Cl. The number of rotatable bonds is 4. The van der Waals surface area contributed by atoms with Crippen LogP contribution < -0.4 is 0 Å². The molecule has 5 nitrogen and oxygen atoms in total. The van der Waals surface area contributed by atoms with E-state index in [1.54, 1.807) is 24.3 Å². The zero-order valence-corrected chi connectivity index (χ0v) is 20.6. The Balaban J connectivity index is 0.00000289. The van der Waals surface area contributed by atoms with Gasteiger partial charge in [-0.3, -0.25) is 9.69 Å². The highest BCUT2D eigenvalue weighted by Crippen LogP contribution is 2.27. The molecule has 1 amide bonds. The molecule has 1 aliphatic heterocycles. The van der Waals surface area contributed by atoms with E-state index in [4.69, 9.17) is 9.68 Å². The number of nitrogens with zero attached hydrogens (tertiary/aromatic N) is 3. The predicted molar refractivity (Wildman–Crippen MR) is 141 cm³/mol. The first-order chi connectivity index (χ1) is 16.6. The molecule has 0 unspecified atom stereocenters. The van der Waals surface area contributed by atoms with E-state index >= 15 is 0 Å². The highest BCUT2D eigenvalue weighted by Gasteiger charge is 2.21. The first kappa shape index (κ1) is 24.5. The molecule has 0 spiro atoms. The average molecular weight is 486 g/mol. The second-order valence-corrected chi connectivity index (χ2v) is 8.95. The van der Waals surface area contributed by atoms with Gasteiger partial charge in [-0.1, -0.05) is 42.0 Å². The van der Waals surface area contributed by atoms with Gasteiger partial charge < -0.3 is 9.32 Å². The van der Waals surface area contributed by atoms with E-state index in [2.05, 4.69) is 60.4 Å². The number of nitriles is 1. The highest BCUT2D eigenvalue weighted by molar-refractivity contribution is 5.94. The molecule has 178 valence electrons. The van der Waals surface area contributed by atoms with E-state index in [1.165, 1.54) is 16.7 Å². The lowest BCUT2D eigenvalue weighted by Gasteiger charge is -2.21. The van der Waals surface area contributed by atoms with Crippen molar-refractivity contribution in [1.82, 2.24) is 9.80 Å². The molecule has 2 heterocycles. The van der Waals surface area contributed by atoms with Crippen LogP contribution in [-0.4, -0.2) is 41.9 Å². The van der Waals surface area contributed by atoms with Crippen molar-refractivity contribution in [3.05, 3.63) is 95.2 Å². The third-order valence-electron chi connectivity index (χ3n) is 6.45. The summed E-state index contributed by atoms with van der Waals surface area (Å²) in [6, 6.07) is 26.1. The molecule has 35 heavy (non-hydrogen) atoms. The molecule has 6 heteroatoms. The maximum atomic E-state index is 13.0. The molecule has 5 rings (SSSR count). The van der Waals surface area contributed by atoms with Crippen molar-refractivity contribution < 1.29 is 9.21 Å². The number of carbonyl (C=O) groups excluding carboxylic acids is 1. The zero-order valence-electron chi connectivity index (χ0n) is 19.7. The molecular weight excluding hydrogens is 458 g/mol. The normalized spacial score (nSPS) is 14.2. The van der Waals surface area contributed by atoms with Gasteiger partial charge in [0.1, 0.15) is 11.3 Å². The van der Waals surface area contributed by atoms with Crippen LogP contribution in [0.4, 0.5) is 0 Å². The summed E-state index contributed by atoms with van der Waals surface area (Å²) in [6.45, 7) is 5.89. The van der Waals surface area contributed by atoms with Crippen LogP contribution >= 0.6 is 12.4 Å². The molecule has 1 aromatic heterocycles. The molecule has 0 saturated carbocycles. The fourth-order valence-corrected chi connectivity index (χ4v) is 4.56. The predicted octanol–water partition coefficient (Wildman–Crippen LogP) is 6.05. The van der Waals surface area contributed by atoms with E-state index < -0.39 is 0 Å². The van der Waals surface area contributed by atoms with E-state index in [9.17, 15) is 4.79 Å². The van der Waals surface area contributed by atoms with Crippen LogP contribution in [0.25, 0.3) is 22.1 Å². The Hall–Kier alpha value is -3.59. The minimum absolute atomic E-state index is 0. The quantitative estimate of drug-likeness (QED) is 0.353. The van der Waals surface area contributed by atoms with Crippen LogP contribution in [0.1, 0.15) is 33.7 Å². The summed E-state index contributed by atoms with van der Waals surface area (Å²) in [5.74, 6) is 0.934. The number of aryl methyl sites for hydroxylation is 1. The summed E-state index contributed by atoms with van der Waals surface area (Å²) in [6.07, 6.45) is 0.904. The highest BCUT2D eigenvalue weighted by atomic mass is 35.5. The van der Waals surface area contributed by atoms with Crippen LogP contribution in [0, 0.1) is 18.3 Å². The molecule has 1 fully saturated rings. The molecule has 0 N–H and O–H groups in total. The van der Waals surface area contributed by atoms with Crippen LogP contribution in [0.5, 0.6) is 0 Å². The fourth-order valence-electron chi connectivity index (χ4n) is 4.56. The van der Waals surface area contributed by atoms with Gasteiger partial charge in [0.05, 0.1) is 18.2 Å². The van der Waals surface area contributed by atoms with Gasteiger partial charge in [-0.15, -0.1) is 12.4 Å². The standard InChI is InChI=1S/C29H27N3O2.ClH/c1-21-6-8-23(9-7-21)24-10-11-28-26(17-24)18-27(34-28)20-31-12-3-13-32(15-14-31)29(33)25-5-2-4-22(16-25)19-30;/h2,4-11,16-18H,3,12-15,20H2,1H3;1H. The second kappa shape index (κ2) is 10.8. The summed E-state index contributed by atoms with van der Waals surface area (Å²) in [5, 5.41) is 10.2. The average Bonchev–Trinajstić information content (AvgIpc) is 3.12. The Morgan fingerprint density at radius 1 is 0.943 bits per heavy atom. The number of amides is 1. The summed E-state index contributed by atoms with van der Waals surface area (Å²) in [7, 11) is 0. The molecule has 0 aliphatic carbocycles. The Morgan fingerprint density at radius 2 is 1.74 bits per heavy atom. The van der Waals surface area contributed by atoms with Crippen molar-refractivity contribution in [2.24, 2.45) is 0 Å². The van der Waals surface area contributed by atoms with Crippen LogP contribution in [0.2, 0.25) is 0 Å². The van der Waals surface area contributed by atoms with Gasteiger partial charge in [0.15, 0.2) is 0 Å². The van der Waals surface area contributed by atoms with Gasteiger partial charge in [-0.25, -0.2) is 0 Å². The van der Waals surface area contributed by atoms with Crippen LogP contribution in [0.3, 0.4) is 0 Å². The summed E-state index contributed by atoms with van der Waals surface area (Å²) in [5.41, 5.74) is 5.63. The van der Waals surface area contributed by atoms with Gasteiger partial charge >= 0.3 is 0 Å². The summed E-state index contributed by atoms with van der Waals surface area (Å²) < 4.78 is 6.14. The molecule has 1 saturated heterocycles. The minimum atomic E-state index is -0.00803. The number of furan rings is 1. The van der Waals surface area contributed by atoms with Gasteiger partial charge in [-0.2, -0.15) is 5.26 Å². The molecule has 0 atom stereocenters.